The molecule has 1 aromatic carbocycles. The number of nitrogens with two attached hydrogens (primary N) is 1. The van der Waals surface area contributed by atoms with E-state index in [1.165, 1.54) is 0 Å². The first-order chi connectivity index (χ1) is 7.63. The summed E-state index contributed by atoms with van der Waals surface area (Å²) >= 11 is 5.39. The van der Waals surface area contributed by atoms with Gasteiger partial charge in [0.15, 0.2) is 0 Å². The molecule has 1 rings (SSSR count). The highest BCUT2D eigenvalue weighted by Crippen LogP contribution is 2.15. The number of carbonyl (C=O) groups is 2. The van der Waals surface area contributed by atoms with Gasteiger partial charge < -0.3 is 11.1 Å². The van der Waals surface area contributed by atoms with Crippen LogP contribution in [0.1, 0.15) is 18.0 Å². The van der Waals surface area contributed by atoms with Gasteiger partial charge in [0, 0.05) is 0 Å². The fourth-order valence-electron chi connectivity index (χ4n) is 1.37. The second kappa shape index (κ2) is 6.12. The Kier molecular flexibility index (Phi) is 4.79. The van der Waals surface area contributed by atoms with Crippen LogP contribution in [0.2, 0.25) is 0 Å². The van der Waals surface area contributed by atoms with Crippen molar-refractivity contribution in [2.24, 2.45) is 5.73 Å². The van der Waals surface area contributed by atoms with E-state index < -0.39 is 11.9 Å². The Morgan fingerprint density at radius 2 is 1.94 bits per heavy atom. The van der Waals surface area contributed by atoms with Crippen LogP contribution in [-0.2, 0) is 9.59 Å². The maximum absolute atomic E-state index is 11.2. The van der Waals surface area contributed by atoms with Crippen LogP contribution < -0.4 is 11.1 Å². The molecule has 16 heavy (non-hydrogen) atoms. The fraction of sp³-hybridized carbons (Fsp3) is 0.273. The van der Waals surface area contributed by atoms with Crippen molar-refractivity contribution in [3.8, 4) is 0 Å². The van der Waals surface area contributed by atoms with Crippen molar-refractivity contribution >= 4 is 23.4 Å². The highest BCUT2D eigenvalue weighted by Gasteiger charge is 2.15. The number of amides is 2. The summed E-state index contributed by atoms with van der Waals surface area (Å²) < 4.78 is 0. The lowest BCUT2D eigenvalue weighted by molar-refractivity contribution is -0.120. The van der Waals surface area contributed by atoms with Crippen LogP contribution >= 0.6 is 11.6 Å². The summed E-state index contributed by atoms with van der Waals surface area (Å²) in [6, 6.07) is 8.75. The van der Waals surface area contributed by atoms with Crippen molar-refractivity contribution in [2.75, 3.05) is 5.88 Å². The Labute approximate surface area is 98.8 Å². The van der Waals surface area contributed by atoms with Gasteiger partial charge in [0.25, 0.3) is 0 Å². The van der Waals surface area contributed by atoms with Crippen LogP contribution in [0.4, 0.5) is 0 Å². The third-order valence-electron chi connectivity index (χ3n) is 2.06. The molecule has 3 N–H and O–H groups in total. The molecule has 86 valence electrons. The summed E-state index contributed by atoms with van der Waals surface area (Å²) in [6.45, 7) is 0. The summed E-state index contributed by atoms with van der Waals surface area (Å²) in [5, 5.41) is 2.64. The topological polar surface area (TPSA) is 72.2 Å². The second-order valence-corrected chi connectivity index (χ2v) is 3.60. The molecule has 0 saturated carbocycles. The number of hydrogen-bond acceptors (Lipinski definition) is 2. The van der Waals surface area contributed by atoms with Gasteiger partial charge in [-0.25, -0.2) is 0 Å². The smallest absolute Gasteiger partial charge is 0.235 e. The molecule has 0 aliphatic rings. The van der Waals surface area contributed by atoms with Crippen LogP contribution in [-0.4, -0.2) is 17.7 Å². The maximum Gasteiger partial charge on any atom is 0.235 e. The molecular weight excluding hydrogens is 228 g/mol. The van der Waals surface area contributed by atoms with E-state index in [0.717, 1.165) is 5.56 Å². The lowest BCUT2D eigenvalue weighted by Gasteiger charge is -2.16. The predicted octanol–water partition coefficient (Wildman–Crippen LogP) is 0.958. The van der Waals surface area contributed by atoms with E-state index in [9.17, 15) is 9.59 Å². The first-order valence-corrected chi connectivity index (χ1v) is 5.35. The Morgan fingerprint density at radius 3 is 2.44 bits per heavy atom. The third-order valence-corrected chi connectivity index (χ3v) is 2.31. The molecule has 0 aliphatic heterocycles. The summed E-state index contributed by atoms with van der Waals surface area (Å²) in [6.07, 6.45) is 0.0621. The number of benzene rings is 1. The summed E-state index contributed by atoms with van der Waals surface area (Å²) in [5.74, 6) is -0.928. The van der Waals surface area contributed by atoms with Crippen LogP contribution in [0.25, 0.3) is 0 Å². The van der Waals surface area contributed by atoms with Gasteiger partial charge in [-0.15, -0.1) is 11.6 Å². The first kappa shape index (κ1) is 12.5. The SMILES string of the molecule is NC(=O)C[C@@H](NC(=O)CCl)c1ccccc1. The van der Waals surface area contributed by atoms with Crippen molar-refractivity contribution in [1.29, 1.82) is 0 Å². The summed E-state index contributed by atoms with van der Waals surface area (Å²) in [4.78, 5) is 22.1. The minimum absolute atomic E-state index is 0.0621. The predicted molar refractivity (Wildman–Crippen MR) is 61.9 cm³/mol. The van der Waals surface area contributed by atoms with Crippen LogP contribution in [0.15, 0.2) is 30.3 Å². The molecule has 0 bridgehead atoms. The minimum Gasteiger partial charge on any atom is -0.370 e. The number of hydrogen-bond donors (Lipinski definition) is 2. The molecule has 0 fully saturated rings. The first-order valence-electron chi connectivity index (χ1n) is 4.82. The number of halogens is 1. The van der Waals surface area contributed by atoms with Gasteiger partial charge in [-0.05, 0) is 5.56 Å². The van der Waals surface area contributed by atoms with E-state index in [1.807, 2.05) is 30.3 Å². The number of nitrogens with one attached hydrogen (secondary N) is 1. The molecule has 0 spiro atoms. The second-order valence-electron chi connectivity index (χ2n) is 3.33. The average molecular weight is 241 g/mol. The van der Waals surface area contributed by atoms with Gasteiger partial charge in [-0.1, -0.05) is 30.3 Å². The highest BCUT2D eigenvalue weighted by atomic mass is 35.5. The zero-order valence-electron chi connectivity index (χ0n) is 8.65. The van der Waals surface area contributed by atoms with Crippen LogP contribution in [0, 0.1) is 0 Å². The van der Waals surface area contributed by atoms with Crippen molar-refractivity contribution in [1.82, 2.24) is 5.32 Å². The molecule has 0 saturated heterocycles. The largest absolute Gasteiger partial charge is 0.370 e. The molecule has 0 aromatic heterocycles. The molecule has 1 aromatic rings. The molecular formula is C11H13ClN2O2. The van der Waals surface area contributed by atoms with E-state index in [2.05, 4.69) is 5.32 Å². The van der Waals surface area contributed by atoms with Gasteiger partial charge in [0.2, 0.25) is 11.8 Å². The van der Waals surface area contributed by atoms with E-state index in [0.29, 0.717) is 0 Å². The van der Waals surface area contributed by atoms with E-state index in [-0.39, 0.29) is 18.2 Å². The quantitative estimate of drug-likeness (QED) is 0.753. The van der Waals surface area contributed by atoms with E-state index >= 15 is 0 Å². The Bertz CT molecular complexity index is 368. The molecule has 0 radical (unpaired) electrons. The maximum atomic E-state index is 11.2. The summed E-state index contributed by atoms with van der Waals surface area (Å²) in [5.41, 5.74) is 5.96. The van der Waals surface area contributed by atoms with Crippen molar-refractivity contribution in [2.45, 2.75) is 12.5 Å². The zero-order chi connectivity index (χ0) is 12.0. The van der Waals surface area contributed by atoms with Gasteiger partial charge >= 0.3 is 0 Å². The van der Waals surface area contributed by atoms with Gasteiger partial charge in [-0.2, -0.15) is 0 Å². The van der Waals surface area contributed by atoms with Crippen molar-refractivity contribution < 1.29 is 9.59 Å². The van der Waals surface area contributed by atoms with Gasteiger partial charge in [0.1, 0.15) is 5.88 Å². The Balaban J connectivity index is 2.79. The highest BCUT2D eigenvalue weighted by molar-refractivity contribution is 6.27. The molecule has 0 aliphatic carbocycles. The number of rotatable bonds is 5. The summed E-state index contributed by atoms with van der Waals surface area (Å²) in [7, 11) is 0. The third kappa shape index (κ3) is 3.90. The Hall–Kier alpha value is -1.55. The van der Waals surface area contributed by atoms with Crippen molar-refractivity contribution in [3.05, 3.63) is 35.9 Å². The minimum atomic E-state index is -0.469. The molecule has 4 nitrogen and oxygen atoms in total. The van der Waals surface area contributed by atoms with Crippen molar-refractivity contribution in [3.63, 3.8) is 0 Å². The van der Waals surface area contributed by atoms with E-state index in [1.54, 1.807) is 0 Å². The lowest BCUT2D eigenvalue weighted by atomic mass is 10.0. The molecule has 0 unspecified atom stereocenters. The van der Waals surface area contributed by atoms with E-state index in [4.69, 9.17) is 17.3 Å². The molecule has 1 atom stereocenters. The van der Waals surface area contributed by atoms with Crippen LogP contribution in [0.5, 0.6) is 0 Å². The monoisotopic (exact) mass is 240 g/mol. The molecule has 2 amide bonds. The number of carbonyl (C=O) groups excluding carboxylic acids is 2. The standard InChI is InChI=1S/C11H13ClN2O2/c12-7-11(16)14-9(6-10(13)15)8-4-2-1-3-5-8/h1-5,9H,6-7H2,(H2,13,15)(H,14,16)/t9-/m1/s1. The molecule has 0 heterocycles. The van der Waals surface area contributed by atoms with Gasteiger partial charge in [-0.3, -0.25) is 9.59 Å². The molecule has 5 heteroatoms. The Morgan fingerprint density at radius 1 is 1.31 bits per heavy atom. The average Bonchev–Trinajstić information content (AvgIpc) is 2.28. The van der Waals surface area contributed by atoms with Gasteiger partial charge in [0.05, 0.1) is 12.5 Å². The lowest BCUT2D eigenvalue weighted by Crippen LogP contribution is -2.32. The number of alkyl halides is 1. The van der Waals surface area contributed by atoms with Crippen LogP contribution in [0.3, 0.4) is 0 Å². The zero-order valence-corrected chi connectivity index (χ0v) is 9.41. The normalized spacial score (nSPS) is 11.8. The fourth-order valence-corrected chi connectivity index (χ4v) is 1.45. The number of primary amides is 1.